The van der Waals surface area contributed by atoms with Crippen LogP contribution in [0.3, 0.4) is 0 Å². The number of carbonyl (C=O) groups excluding carboxylic acids is 2. The Kier molecular flexibility index (Phi) is 6.45. The minimum Gasteiger partial charge on any atom is -0.462 e. The van der Waals surface area contributed by atoms with E-state index in [4.69, 9.17) is 10.5 Å². The number of amides is 1. The Hall–Kier alpha value is -2.31. The Morgan fingerprint density at radius 1 is 1.43 bits per heavy atom. The molecule has 7 nitrogen and oxygen atoms in total. The van der Waals surface area contributed by atoms with Crippen LogP contribution >= 0.6 is 0 Å². The fourth-order valence-corrected chi connectivity index (χ4v) is 1.62. The van der Waals surface area contributed by atoms with Gasteiger partial charge in [-0.2, -0.15) is 0 Å². The third kappa shape index (κ3) is 4.94. The van der Waals surface area contributed by atoms with Crippen molar-refractivity contribution in [3.8, 4) is 0 Å². The summed E-state index contributed by atoms with van der Waals surface area (Å²) in [7, 11) is 0. The number of nitrogens with zero attached hydrogens (tertiary/aromatic N) is 1. The largest absolute Gasteiger partial charge is 0.462 e. The van der Waals surface area contributed by atoms with Gasteiger partial charge in [-0.3, -0.25) is 4.79 Å². The average molecular weight is 294 g/mol. The summed E-state index contributed by atoms with van der Waals surface area (Å²) < 4.78 is 4.92. The number of pyridine rings is 1. The number of aromatic nitrogens is 1. The second kappa shape index (κ2) is 8.08. The maximum atomic E-state index is 11.8. The molecule has 0 fully saturated rings. The van der Waals surface area contributed by atoms with Crippen molar-refractivity contribution >= 4 is 23.4 Å². The predicted octanol–water partition coefficient (Wildman–Crippen LogP) is 1.17. The second-order valence-electron chi connectivity index (χ2n) is 4.53. The number of nitrogen functional groups attached to an aromatic ring is 1. The first-order valence-corrected chi connectivity index (χ1v) is 6.96. The molecule has 1 aromatic rings. The van der Waals surface area contributed by atoms with Gasteiger partial charge in [-0.25, -0.2) is 9.78 Å². The fraction of sp³-hybridized carbons (Fsp3) is 0.500. The van der Waals surface area contributed by atoms with Crippen LogP contribution in [0.15, 0.2) is 12.3 Å². The van der Waals surface area contributed by atoms with Gasteiger partial charge in [-0.1, -0.05) is 6.92 Å². The zero-order valence-corrected chi connectivity index (χ0v) is 12.6. The number of rotatable bonds is 7. The Labute approximate surface area is 124 Å². The van der Waals surface area contributed by atoms with E-state index in [0.29, 0.717) is 12.4 Å². The summed E-state index contributed by atoms with van der Waals surface area (Å²) in [5.74, 6) is -0.247. The highest BCUT2D eigenvalue weighted by Crippen LogP contribution is 2.16. The summed E-state index contributed by atoms with van der Waals surface area (Å²) in [6.45, 7) is 6.29. The van der Waals surface area contributed by atoms with E-state index in [1.807, 2.05) is 6.92 Å². The molecule has 0 aliphatic heterocycles. The molecule has 116 valence electrons. The van der Waals surface area contributed by atoms with E-state index in [1.54, 1.807) is 13.8 Å². The van der Waals surface area contributed by atoms with Gasteiger partial charge in [0.1, 0.15) is 11.9 Å². The first kappa shape index (κ1) is 16.7. The molecule has 1 aromatic heterocycles. The number of carbonyl (C=O) groups is 2. The van der Waals surface area contributed by atoms with Gasteiger partial charge in [0.2, 0.25) is 5.91 Å². The molecule has 1 rings (SSSR count). The molecule has 1 heterocycles. The Balaban J connectivity index is 2.78. The molecule has 21 heavy (non-hydrogen) atoms. The standard InChI is InChI=1S/C14H22N4O3/c1-4-6-16-13(19)9(3)18-12-7-10(11(15)8-17-12)14(20)21-5-2/h7-9H,4-6,15H2,1-3H3,(H,16,19)(H,17,18). The van der Waals surface area contributed by atoms with Crippen molar-refractivity contribution in [1.29, 1.82) is 0 Å². The van der Waals surface area contributed by atoms with Gasteiger partial charge in [-0.05, 0) is 26.3 Å². The normalized spacial score (nSPS) is 11.6. The van der Waals surface area contributed by atoms with Gasteiger partial charge in [-0.15, -0.1) is 0 Å². The number of esters is 1. The Bertz CT molecular complexity index is 505. The van der Waals surface area contributed by atoms with Gasteiger partial charge in [0.25, 0.3) is 0 Å². The first-order valence-electron chi connectivity index (χ1n) is 6.96. The quantitative estimate of drug-likeness (QED) is 0.652. The van der Waals surface area contributed by atoms with E-state index in [-0.39, 0.29) is 23.8 Å². The van der Waals surface area contributed by atoms with Crippen LogP contribution in [-0.4, -0.2) is 36.1 Å². The van der Waals surface area contributed by atoms with Crippen LogP contribution < -0.4 is 16.4 Å². The molecule has 1 atom stereocenters. The van der Waals surface area contributed by atoms with Crippen molar-refractivity contribution < 1.29 is 14.3 Å². The van der Waals surface area contributed by atoms with Crippen LogP contribution in [0.4, 0.5) is 11.5 Å². The van der Waals surface area contributed by atoms with E-state index in [1.165, 1.54) is 12.3 Å². The molecule has 0 radical (unpaired) electrons. The second-order valence-corrected chi connectivity index (χ2v) is 4.53. The van der Waals surface area contributed by atoms with Crippen LogP contribution in [0.25, 0.3) is 0 Å². The molecule has 0 aliphatic carbocycles. The smallest absolute Gasteiger partial charge is 0.340 e. The summed E-state index contributed by atoms with van der Waals surface area (Å²) >= 11 is 0. The number of anilines is 2. The third-order valence-electron chi connectivity index (χ3n) is 2.74. The molecule has 4 N–H and O–H groups in total. The van der Waals surface area contributed by atoms with E-state index in [0.717, 1.165) is 6.42 Å². The molecule has 0 aliphatic rings. The van der Waals surface area contributed by atoms with Gasteiger partial charge >= 0.3 is 5.97 Å². The highest BCUT2D eigenvalue weighted by molar-refractivity contribution is 5.95. The maximum Gasteiger partial charge on any atom is 0.340 e. The average Bonchev–Trinajstić information content (AvgIpc) is 2.46. The van der Waals surface area contributed by atoms with Gasteiger partial charge < -0.3 is 21.1 Å². The lowest BCUT2D eigenvalue weighted by atomic mass is 10.2. The number of nitrogens with two attached hydrogens (primary N) is 1. The maximum absolute atomic E-state index is 11.8. The molecule has 7 heteroatoms. The van der Waals surface area contributed by atoms with E-state index >= 15 is 0 Å². The number of nitrogens with one attached hydrogen (secondary N) is 2. The van der Waals surface area contributed by atoms with E-state index in [9.17, 15) is 9.59 Å². The SMILES string of the molecule is CCCNC(=O)C(C)Nc1cc(C(=O)OCC)c(N)cn1. The van der Waals surface area contributed by atoms with Crippen LogP contribution in [0.2, 0.25) is 0 Å². The summed E-state index contributed by atoms with van der Waals surface area (Å²) in [5.41, 5.74) is 6.18. The van der Waals surface area contributed by atoms with Crippen molar-refractivity contribution in [3.63, 3.8) is 0 Å². The topological polar surface area (TPSA) is 106 Å². The van der Waals surface area contributed by atoms with Crippen LogP contribution in [0.5, 0.6) is 0 Å². The lowest BCUT2D eigenvalue weighted by Crippen LogP contribution is -2.38. The zero-order valence-electron chi connectivity index (χ0n) is 12.6. The molecule has 0 saturated heterocycles. The Morgan fingerprint density at radius 3 is 2.76 bits per heavy atom. The summed E-state index contributed by atoms with van der Waals surface area (Å²) in [5, 5.41) is 5.70. The Morgan fingerprint density at radius 2 is 2.14 bits per heavy atom. The zero-order chi connectivity index (χ0) is 15.8. The van der Waals surface area contributed by atoms with Crippen molar-refractivity contribution in [2.24, 2.45) is 0 Å². The highest BCUT2D eigenvalue weighted by atomic mass is 16.5. The fourth-order valence-electron chi connectivity index (χ4n) is 1.62. The minimum absolute atomic E-state index is 0.131. The molecular formula is C14H22N4O3. The predicted molar refractivity (Wildman–Crippen MR) is 81.0 cm³/mol. The lowest BCUT2D eigenvalue weighted by Gasteiger charge is -2.15. The van der Waals surface area contributed by atoms with Crippen molar-refractivity contribution in [3.05, 3.63) is 17.8 Å². The molecule has 0 aromatic carbocycles. The van der Waals surface area contributed by atoms with Crippen molar-refractivity contribution in [2.75, 3.05) is 24.2 Å². The van der Waals surface area contributed by atoms with Crippen molar-refractivity contribution in [2.45, 2.75) is 33.2 Å². The summed E-state index contributed by atoms with van der Waals surface area (Å²) in [6.07, 6.45) is 2.23. The summed E-state index contributed by atoms with van der Waals surface area (Å²) in [4.78, 5) is 27.6. The highest BCUT2D eigenvalue weighted by Gasteiger charge is 2.16. The van der Waals surface area contributed by atoms with E-state index < -0.39 is 12.0 Å². The molecule has 0 spiro atoms. The molecule has 1 amide bonds. The van der Waals surface area contributed by atoms with Gasteiger partial charge in [0.15, 0.2) is 0 Å². The van der Waals surface area contributed by atoms with Crippen molar-refractivity contribution in [1.82, 2.24) is 10.3 Å². The number of ether oxygens (including phenoxy) is 1. The minimum atomic E-state index is -0.511. The first-order chi connectivity index (χ1) is 9.99. The number of hydrogen-bond donors (Lipinski definition) is 3. The molecule has 1 unspecified atom stereocenters. The van der Waals surface area contributed by atoms with Crippen LogP contribution in [0.1, 0.15) is 37.6 Å². The van der Waals surface area contributed by atoms with Gasteiger partial charge in [0, 0.05) is 6.54 Å². The third-order valence-corrected chi connectivity index (χ3v) is 2.74. The summed E-state index contributed by atoms with van der Waals surface area (Å²) in [6, 6.07) is 1.01. The lowest BCUT2D eigenvalue weighted by molar-refractivity contribution is -0.121. The molecule has 0 saturated carbocycles. The van der Waals surface area contributed by atoms with Crippen LogP contribution in [0, 0.1) is 0 Å². The van der Waals surface area contributed by atoms with E-state index in [2.05, 4.69) is 15.6 Å². The monoisotopic (exact) mass is 294 g/mol. The van der Waals surface area contributed by atoms with Crippen LogP contribution in [-0.2, 0) is 9.53 Å². The number of hydrogen-bond acceptors (Lipinski definition) is 6. The van der Waals surface area contributed by atoms with Gasteiger partial charge in [0.05, 0.1) is 24.1 Å². The molecule has 0 bridgehead atoms. The molecular weight excluding hydrogens is 272 g/mol.